The van der Waals surface area contributed by atoms with Gasteiger partial charge in [-0.2, -0.15) is 16.9 Å². The third-order valence-electron chi connectivity index (χ3n) is 4.13. The van der Waals surface area contributed by atoms with Crippen molar-refractivity contribution in [1.29, 1.82) is 0 Å². The van der Waals surface area contributed by atoms with E-state index in [0.717, 1.165) is 42.1 Å². The Bertz CT molecular complexity index is 609. The van der Waals surface area contributed by atoms with Crippen molar-refractivity contribution in [3.05, 3.63) is 42.0 Å². The number of aryl methyl sites for hydroxylation is 1. The molecule has 0 unspecified atom stereocenters. The second kappa shape index (κ2) is 6.81. The molecule has 1 aliphatic rings. The Hall–Kier alpha value is -1.37. The largest absolute Gasteiger partial charge is 0.389 e. The highest BCUT2D eigenvalue weighted by atomic mass is 32.2. The molecule has 2 heterocycles. The summed E-state index contributed by atoms with van der Waals surface area (Å²) < 4.78 is 1.77. The fourth-order valence-electron chi connectivity index (χ4n) is 2.78. The zero-order valence-electron chi connectivity index (χ0n) is 12.8. The number of benzene rings is 1. The standard InChI is InChI=1S/C16H22N4OS/c1-13-8-14(2-3-15(13)20-12-18-11-19-20)9-17-10-16(21)4-6-22-7-5-16/h2-3,8,11-12,17,21H,4-7,9-10H2,1H3. The van der Waals surface area contributed by atoms with Gasteiger partial charge in [0.1, 0.15) is 12.7 Å². The van der Waals surface area contributed by atoms with E-state index in [0.29, 0.717) is 6.54 Å². The van der Waals surface area contributed by atoms with Gasteiger partial charge < -0.3 is 10.4 Å². The molecule has 1 aromatic heterocycles. The minimum Gasteiger partial charge on any atom is -0.389 e. The lowest BCUT2D eigenvalue weighted by molar-refractivity contribution is 0.0320. The topological polar surface area (TPSA) is 63.0 Å². The van der Waals surface area contributed by atoms with Gasteiger partial charge in [0.25, 0.3) is 0 Å². The first-order chi connectivity index (χ1) is 10.7. The molecule has 1 aliphatic heterocycles. The molecule has 3 rings (SSSR count). The first-order valence-corrected chi connectivity index (χ1v) is 8.77. The minimum absolute atomic E-state index is 0.527. The summed E-state index contributed by atoms with van der Waals surface area (Å²) in [5.74, 6) is 2.12. The van der Waals surface area contributed by atoms with Crippen LogP contribution in [-0.4, -0.2) is 43.5 Å². The van der Waals surface area contributed by atoms with Crippen molar-refractivity contribution in [3.8, 4) is 5.69 Å². The van der Waals surface area contributed by atoms with Crippen LogP contribution in [0, 0.1) is 6.92 Å². The molecule has 1 saturated heterocycles. The van der Waals surface area contributed by atoms with Gasteiger partial charge in [-0.05, 0) is 48.5 Å². The van der Waals surface area contributed by atoms with Gasteiger partial charge >= 0.3 is 0 Å². The molecular weight excluding hydrogens is 296 g/mol. The van der Waals surface area contributed by atoms with Crippen molar-refractivity contribution in [2.75, 3.05) is 18.1 Å². The van der Waals surface area contributed by atoms with Crippen molar-refractivity contribution in [1.82, 2.24) is 20.1 Å². The Morgan fingerprint density at radius 3 is 2.86 bits per heavy atom. The fraction of sp³-hybridized carbons (Fsp3) is 0.500. The van der Waals surface area contributed by atoms with Crippen molar-refractivity contribution in [2.24, 2.45) is 0 Å². The molecule has 6 heteroatoms. The SMILES string of the molecule is Cc1cc(CNCC2(O)CCSCC2)ccc1-n1cncn1. The third kappa shape index (κ3) is 3.69. The lowest BCUT2D eigenvalue weighted by Gasteiger charge is -2.32. The second-order valence-electron chi connectivity index (χ2n) is 5.90. The van der Waals surface area contributed by atoms with Crippen LogP contribution >= 0.6 is 11.8 Å². The molecule has 2 aromatic rings. The average Bonchev–Trinajstić information content (AvgIpc) is 3.02. The predicted molar refractivity (Wildman–Crippen MR) is 89.3 cm³/mol. The maximum absolute atomic E-state index is 10.5. The third-order valence-corrected chi connectivity index (χ3v) is 5.12. The van der Waals surface area contributed by atoms with Gasteiger partial charge in [0.2, 0.25) is 0 Å². The Labute approximate surface area is 135 Å². The van der Waals surface area contributed by atoms with E-state index in [9.17, 15) is 5.11 Å². The van der Waals surface area contributed by atoms with E-state index >= 15 is 0 Å². The molecule has 0 aliphatic carbocycles. The molecule has 118 valence electrons. The molecule has 1 aromatic carbocycles. The first-order valence-electron chi connectivity index (χ1n) is 7.62. The molecule has 0 spiro atoms. The number of thioether (sulfide) groups is 1. The maximum Gasteiger partial charge on any atom is 0.138 e. The summed E-state index contributed by atoms with van der Waals surface area (Å²) in [4.78, 5) is 3.98. The fourth-order valence-corrected chi connectivity index (χ4v) is 4.04. The van der Waals surface area contributed by atoms with Crippen molar-refractivity contribution < 1.29 is 5.11 Å². The number of nitrogens with zero attached hydrogens (tertiary/aromatic N) is 3. The van der Waals surface area contributed by atoms with E-state index in [1.165, 1.54) is 11.9 Å². The van der Waals surface area contributed by atoms with Gasteiger partial charge in [0, 0.05) is 13.1 Å². The lowest BCUT2D eigenvalue weighted by Crippen LogP contribution is -2.43. The van der Waals surface area contributed by atoms with E-state index in [4.69, 9.17) is 0 Å². The first kappa shape index (κ1) is 15.5. The van der Waals surface area contributed by atoms with Gasteiger partial charge in [-0.15, -0.1) is 0 Å². The van der Waals surface area contributed by atoms with E-state index in [1.54, 1.807) is 11.0 Å². The zero-order chi connectivity index (χ0) is 15.4. The Kier molecular flexibility index (Phi) is 4.81. The zero-order valence-corrected chi connectivity index (χ0v) is 13.6. The summed E-state index contributed by atoms with van der Waals surface area (Å²) in [6.45, 7) is 3.51. The summed E-state index contributed by atoms with van der Waals surface area (Å²) in [6, 6.07) is 6.32. The summed E-state index contributed by atoms with van der Waals surface area (Å²) >= 11 is 1.93. The molecule has 0 radical (unpaired) electrons. The molecule has 0 amide bonds. The number of aromatic nitrogens is 3. The monoisotopic (exact) mass is 318 g/mol. The van der Waals surface area contributed by atoms with Crippen LogP contribution < -0.4 is 5.32 Å². The Balaban J connectivity index is 1.58. The van der Waals surface area contributed by atoms with Crippen LogP contribution in [0.25, 0.3) is 5.69 Å². The molecule has 22 heavy (non-hydrogen) atoms. The number of rotatable bonds is 5. The minimum atomic E-state index is -0.527. The molecule has 0 atom stereocenters. The summed E-state index contributed by atoms with van der Waals surface area (Å²) in [6.07, 6.45) is 5.01. The molecular formula is C16H22N4OS. The highest BCUT2D eigenvalue weighted by molar-refractivity contribution is 7.99. The van der Waals surface area contributed by atoms with Crippen molar-refractivity contribution >= 4 is 11.8 Å². The summed E-state index contributed by atoms with van der Waals surface area (Å²) in [5, 5.41) is 18.0. The highest BCUT2D eigenvalue weighted by Gasteiger charge is 2.28. The summed E-state index contributed by atoms with van der Waals surface area (Å²) in [7, 11) is 0. The summed E-state index contributed by atoms with van der Waals surface area (Å²) in [5.41, 5.74) is 2.90. The Morgan fingerprint density at radius 1 is 1.36 bits per heavy atom. The number of nitrogens with one attached hydrogen (secondary N) is 1. The molecule has 1 fully saturated rings. The van der Waals surface area contributed by atoms with Crippen LogP contribution in [0.5, 0.6) is 0 Å². The molecule has 0 bridgehead atoms. The van der Waals surface area contributed by atoms with Gasteiger partial charge in [-0.3, -0.25) is 0 Å². The van der Waals surface area contributed by atoms with E-state index < -0.39 is 5.60 Å². The maximum atomic E-state index is 10.5. The van der Waals surface area contributed by atoms with Crippen molar-refractivity contribution in [2.45, 2.75) is 31.9 Å². The van der Waals surface area contributed by atoms with Gasteiger partial charge in [0.05, 0.1) is 11.3 Å². The van der Waals surface area contributed by atoms with Crippen LogP contribution in [0.3, 0.4) is 0 Å². The van der Waals surface area contributed by atoms with Crippen LogP contribution in [0.2, 0.25) is 0 Å². The molecule has 5 nitrogen and oxygen atoms in total. The lowest BCUT2D eigenvalue weighted by atomic mass is 9.97. The van der Waals surface area contributed by atoms with Crippen LogP contribution in [0.4, 0.5) is 0 Å². The smallest absolute Gasteiger partial charge is 0.138 e. The molecule has 0 saturated carbocycles. The van der Waals surface area contributed by atoms with E-state index in [1.807, 2.05) is 11.8 Å². The highest BCUT2D eigenvalue weighted by Crippen LogP contribution is 2.26. The normalized spacial score (nSPS) is 17.5. The second-order valence-corrected chi connectivity index (χ2v) is 7.13. The van der Waals surface area contributed by atoms with E-state index in [-0.39, 0.29) is 0 Å². The predicted octanol–water partition coefficient (Wildman–Crippen LogP) is 1.92. The van der Waals surface area contributed by atoms with Crippen LogP contribution in [0.15, 0.2) is 30.9 Å². The number of hydrogen-bond acceptors (Lipinski definition) is 5. The quantitative estimate of drug-likeness (QED) is 0.882. The van der Waals surface area contributed by atoms with Crippen molar-refractivity contribution in [3.63, 3.8) is 0 Å². The van der Waals surface area contributed by atoms with Gasteiger partial charge in [0.15, 0.2) is 0 Å². The Morgan fingerprint density at radius 2 is 2.18 bits per heavy atom. The van der Waals surface area contributed by atoms with Crippen LogP contribution in [0.1, 0.15) is 24.0 Å². The van der Waals surface area contributed by atoms with Gasteiger partial charge in [-0.25, -0.2) is 9.67 Å². The molecule has 2 N–H and O–H groups in total. The van der Waals surface area contributed by atoms with Gasteiger partial charge in [-0.1, -0.05) is 12.1 Å². The number of hydrogen-bond donors (Lipinski definition) is 2. The van der Waals surface area contributed by atoms with Crippen LogP contribution in [-0.2, 0) is 6.54 Å². The van der Waals surface area contributed by atoms with E-state index in [2.05, 4.69) is 40.5 Å². The average molecular weight is 318 g/mol. The number of aliphatic hydroxyl groups is 1.